The van der Waals surface area contributed by atoms with Gasteiger partial charge in [-0.3, -0.25) is 16.8 Å². The molecule has 0 aliphatic heterocycles. The van der Waals surface area contributed by atoms with Crippen LogP contribution in [0.2, 0.25) is 0 Å². The van der Waals surface area contributed by atoms with Crippen LogP contribution in [-0.2, 0) is 54.7 Å². The summed E-state index contributed by atoms with van der Waals surface area (Å²) < 4.78 is 84.0. The second-order valence-corrected chi connectivity index (χ2v) is 11.9. The van der Waals surface area contributed by atoms with E-state index in [1.54, 1.807) is 13.8 Å². The molecule has 0 aromatic carbocycles. The zero-order valence-corrected chi connectivity index (χ0v) is 18.1. The first-order valence-electron chi connectivity index (χ1n) is 7.47. The highest BCUT2D eigenvalue weighted by molar-refractivity contribution is 7.89. The van der Waals surface area contributed by atoms with Crippen molar-refractivity contribution in [3.63, 3.8) is 0 Å². The van der Waals surface area contributed by atoms with Crippen molar-refractivity contribution in [1.82, 2.24) is 0 Å². The topological polar surface area (TPSA) is 130 Å². The van der Waals surface area contributed by atoms with Crippen LogP contribution in [0.1, 0.15) is 40.5 Å². The molecule has 0 aliphatic rings. The van der Waals surface area contributed by atoms with E-state index in [1.807, 2.05) is 0 Å². The summed E-state index contributed by atoms with van der Waals surface area (Å²) in [6.45, 7) is 5.97. The fraction of sp³-hybridized carbons (Fsp3) is 1.00. The second kappa shape index (κ2) is 11.0. The molecule has 0 fully saturated rings. The van der Waals surface area contributed by atoms with E-state index in [9.17, 15) is 25.3 Å². The Kier molecular flexibility index (Phi) is 11.1. The van der Waals surface area contributed by atoms with Gasteiger partial charge in [0, 0.05) is 17.1 Å². The van der Waals surface area contributed by atoms with E-state index >= 15 is 0 Å². The van der Waals surface area contributed by atoms with Crippen molar-refractivity contribution in [2.45, 2.75) is 57.5 Å². The molecule has 0 bridgehead atoms. The van der Waals surface area contributed by atoms with Crippen molar-refractivity contribution in [3.8, 4) is 0 Å². The molecule has 4 unspecified atom stereocenters. The molecule has 0 heterocycles. The summed E-state index contributed by atoms with van der Waals surface area (Å²) in [4.78, 5) is 0. The van der Waals surface area contributed by atoms with E-state index in [0.29, 0.717) is 0 Å². The van der Waals surface area contributed by atoms with Crippen molar-refractivity contribution >= 4 is 42.1 Å². The Balaban J connectivity index is 4.35. The molecule has 4 atom stereocenters. The molecule has 0 saturated heterocycles. The van der Waals surface area contributed by atoms with Crippen LogP contribution in [0.15, 0.2) is 0 Å². The minimum Gasteiger partial charge on any atom is -0.286 e. The normalized spacial score (nSPS) is 18.0. The summed E-state index contributed by atoms with van der Waals surface area (Å²) in [5, 5.41) is 0. The smallest absolute Gasteiger partial charge is 0.268 e. The molecule has 0 spiro atoms. The lowest BCUT2D eigenvalue weighted by atomic mass is 10.4. The fourth-order valence-electron chi connectivity index (χ4n) is 1.42. The van der Waals surface area contributed by atoms with Gasteiger partial charge in [-0.2, -0.15) is 16.8 Å². The Morgan fingerprint density at radius 1 is 0.800 bits per heavy atom. The minimum atomic E-state index is -3.97. The van der Waals surface area contributed by atoms with E-state index in [1.165, 1.54) is 20.1 Å². The van der Waals surface area contributed by atoms with Crippen LogP contribution in [0.5, 0.6) is 0 Å². The van der Waals surface area contributed by atoms with E-state index < -0.39 is 64.5 Å². The minimum absolute atomic E-state index is 0.0128. The molecule has 0 radical (unpaired) electrons. The van der Waals surface area contributed by atoms with Crippen LogP contribution in [-0.4, -0.2) is 60.0 Å². The van der Waals surface area contributed by atoms with Gasteiger partial charge < -0.3 is 0 Å². The Labute approximate surface area is 155 Å². The number of hydrogen-bond acceptors (Lipinski definition) is 9. The lowest BCUT2D eigenvalue weighted by Gasteiger charge is -2.14. The van der Waals surface area contributed by atoms with Crippen molar-refractivity contribution in [2.24, 2.45) is 0 Å². The van der Waals surface area contributed by atoms with Crippen LogP contribution < -0.4 is 0 Å². The largest absolute Gasteiger partial charge is 0.286 e. The van der Waals surface area contributed by atoms with Crippen molar-refractivity contribution < 1.29 is 37.8 Å². The second-order valence-electron chi connectivity index (χ2n) is 5.46. The van der Waals surface area contributed by atoms with E-state index in [4.69, 9.17) is 12.5 Å². The van der Waals surface area contributed by atoms with Gasteiger partial charge in [-0.25, -0.2) is 4.21 Å². The molecule has 152 valence electrons. The monoisotopic (exact) mass is 442 g/mol. The standard InChI is InChI=1S/C12H26O9S4/c1-10(2)19-23(14)12(4)21-25(17,18)9-7-6-8-24(15,16)20-11(3)22(5)13/h10-12H,6-9H2,1-5H3. The highest BCUT2D eigenvalue weighted by Gasteiger charge is 2.23. The van der Waals surface area contributed by atoms with Crippen molar-refractivity contribution in [3.05, 3.63) is 0 Å². The average Bonchev–Trinajstić information content (AvgIpc) is 2.41. The van der Waals surface area contributed by atoms with Crippen LogP contribution in [0.3, 0.4) is 0 Å². The first-order chi connectivity index (χ1) is 11.3. The Hall–Kier alpha value is 0.0800. The molecule has 0 rings (SSSR count). The summed E-state index contributed by atoms with van der Waals surface area (Å²) in [6.07, 6.45) is 1.00. The predicted molar refractivity (Wildman–Crippen MR) is 96.3 cm³/mol. The number of rotatable bonds is 13. The van der Waals surface area contributed by atoms with Gasteiger partial charge in [-0.15, -0.1) is 0 Å². The Bertz CT molecular complexity index is 654. The molecule has 0 aromatic rings. The summed E-state index contributed by atoms with van der Waals surface area (Å²) in [5.41, 5.74) is -2.13. The summed E-state index contributed by atoms with van der Waals surface area (Å²) >= 11 is -1.92. The average molecular weight is 443 g/mol. The fourth-order valence-corrected chi connectivity index (χ4v) is 5.51. The zero-order valence-electron chi connectivity index (χ0n) is 14.9. The van der Waals surface area contributed by atoms with Gasteiger partial charge in [0.2, 0.25) is 0 Å². The highest BCUT2D eigenvalue weighted by Crippen LogP contribution is 2.11. The van der Waals surface area contributed by atoms with Gasteiger partial charge >= 0.3 is 0 Å². The molecule has 0 N–H and O–H groups in total. The molecule has 25 heavy (non-hydrogen) atoms. The molecular weight excluding hydrogens is 416 g/mol. The van der Waals surface area contributed by atoms with Gasteiger partial charge in [0.05, 0.1) is 17.6 Å². The molecule has 0 aliphatic carbocycles. The predicted octanol–water partition coefficient (Wildman–Crippen LogP) is 0.619. The van der Waals surface area contributed by atoms with Gasteiger partial charge in [-0.1, -0.05) is 0 Å². The maximum Gasteiger partial charge on any atom is 0.268 e. The van der Waals surface area contributed by atoms with Gasteiger partial charge in [0.15, 0.2) is 16.5 Å². The molecular formula is C12H26O9S4. The van der Waals surface area contributed by atoms with Gasteiger partial charge in [0.1, 0.15) is 5.44 Å². The Morgan fingerprint density at radius 2 is 1.20 bits per heavy atom. The summed E-state index contributed by atoms with van der Waals surface area (Å²) in [5.74, 6) is -0.830. The zero-order chi connectivity index (χ0) is 19.8. The maximum absolute atomic E-state index is 11.8. The first-order valence-corrected chi connectivity index (χ1v) is 13.4. The Morgan fingerprint density at radius 3 is 1.56 bits per heavy atom. The third-order valence-corrected chi connectivity index (χ3v) is 7.86. The lowest BCUT2D eigenvalue weighted by molar-refractivity contribution is 0.232. The molecule has 0 aromatic heterocycles. The van der Waals surface area contributed by atoms with Crippen LogP contribution >= 0.6 is 0 Å². The van der Waals surface area contributed by atoms with E-state index in [-0.39, 0.29) is 18.9 Å². The van der Waals surface area contributed by atoms with Gasteiger partial charge in [-0.05, 0) is 40.5 Å². The molecule has 0 saturated carbocycles. The van der Waals surface area contributed by atoms with Crippen molar-refractivity contribution in [2.75, 3.05) is 17.8 Å². The highest BCUT2D eigenvalue weighted by atomic mass is 32.2. The van der Waals surface area contributed by atoms with E-state index in [0.717, 1.165) is 0 Å². The number of hydrogen-bond donors (Lipinski definition) is 0. The molecule has 0 amide bonds. The summed E-state index contributed by atoms with van der Waals surface area (Å²) in [7, 11) is -9.32. The maximum atomic E-state index is 11.8. The van der Waals surface area contributed by atoms with Crippen LogP contribution in [0, 0.1) is 0 Å². The molecule has 9 nitrogen and oxygen atoms in total. The van der Waals surface area contributed by atoms with Crippen LogP contribution in [0.25, 0.3) is 0 Å². The number of unbranched alkanes of at least 4 members (excludes halogenated alkanes) is 1. The third-order valence-electron chi connectivity index (χ3n) is 2.63. The quantitative estimate of drug-likeness (QED) is 0.297. The lowest BCUT2D eigenvalue weighted by Crippen LogP contribution is -2.25. The third kappa shape index (κ3) is 12.2. The first kappa shape index (κ1) is 25.1. The molecule has 13 heteroatoms. The van der Waals surface area contributed by atoms with Crippen LogP contribution in [0.4, 0.5) is 0 Å². The van der Waals surface area contributed by atoms with E-state index in [2.05, 4.69) is 0 Å². The summed E-state index contributed by atoms with van der Waals surface area (Å²) in [6, 6.07) is 0. The van der Waals surface area contributed by atoms with Gasteiger partial charge in [0.25, 0.3) is 20.2 Å². The SMILES string of the molecule is CC(C)OS(=O)C(C)OS(=O)(=O)CCCCS(=O)(=O)OC(C)S(C)=O. The van der Waals surface area contributed by atoms with Crippen molar-refractivity contribution in [1.29, 1.82) is 0 Å².